The number of carbonyl (C=O) groups is 2. The molecule has 17 heavy (non-hydrogen) atoms. The molecule has 6 nitrogen and oxygen atoms in total. The molecule has 1 atom stereocenters. The molecular formula is C11H19NO5. The first-order valence-corrected chi connectivity index (χ1v) is 5.50. The molecule has 0 spiro atoms. The molecule has 98 valence electrons. The van der Waals surface area contributed by atoms with Crippen LogP contribution in [-0.2, 0) is 23.8 Å². The molecule has 0 aromatic carbocycles. The van der Waals surface area contributed by atoms with E-state index in [1.54, 1.807) is 14.2 Å². The summed E-state index contributed by atoms with van der Waals surface area (Å²) in [6.07, 6.45) is 0.0152. The highest BCUT2D eigenvalue weighted by Gasteiger charge is 2.34. The highest BCUT2D eigenvalue weighted by Crippen LogP contribution is 2.15. The number of nitrogens with zero attached hydrogens (tertiary/aromatic N) is 1. The predicted octanol–water partition coefficient (Wildman–Crippen LogP) is -0.331. The number of rotatable bonds is 5. The van der Waals surface area contributed by atoms with E-state index in [2.05, 4.69) is 4.74 Å². The second kappa shape index (κ2) is 6.68. The summed E-state index contributed by atoms with van der Waals surface area (Å²) in [7, 11) is 4.41. The Morgan fingerprint density at radius 2 is 2.06 bits per heavy atom. The molecule has 0 aromatic heterocycles. The number of ether oxygens (including phenoxy) is 3. The Balaban J connectivity index is 2.54. The van der Waals surface area contributed by atoms with Crippen molar-refractivity contribution >= 4 is 11.8 Å². The number of hydrogen-bond acceptors (Lipinski definition) is 6. The van der Waals surface area contributed by atoms with Crippen LogP contribution in [0, 0.1) is 5.92 Å². The monoisotopic (exact) mass is 245 g/mol. The van der Waals surface area contributed by atoms with Gasteiger partial charge in [0.1, 0.15) is 11.7 Å². The van der Waals surface area contributed by atoms with Crippen LogP contribution in [0.2, 0.25) is 0 Å². The first-order valence-electron chi connectivity index (χ1n) is 5.50. The maximum absolute atomic E-state index is 11.6. The van der Waals surface area contributed by atoms with Gasteiger partial charge < -0.3 is 14.2 Å². The fraction of sp³-hybridized carbons (Fsp3) is 0.818. The van der Waals surface area contributed by atoms with Gasteiger partial charge in [0.05, 0.1) is 7.11 Å². The van der Waals surface area contributed by atoms with Crippen molar-refractivity contribution in [3.63, 3.8) is 0 Å². The summed E-state index contributed by atoms with van der Waals surface area (Å²) in [6, 6.07) is 0. The first kappa shape index (κ1) is 14.1. The third kappa shape index (κ3) is 3.76. The van der Waals surface area contributed by atoms with Gasteiger partial charge in [-0.15, -0.1) is 0 Å². The van der Waals surface area contributed by atoms with Crippen molar-refractivity contribution in [2.24, 2.45) is 5.92 Å². The fourth-order valence-electron chi connectivity index (χ4n) is 1.86. The van der Waals surface area contributed by atoms with Gasteiger partial charge in [-0.2, -0.15) is 0 Å². The van der Waals surface area contributed by atoms with Gasteiger partial charge >= 0.3 is 5.97 Å². The van der Waals surface area contributed by atoms with E-state index < -0.39 is 11.9 Å². The van der Waals surface area contributed by atoms with Crippen LogP contribution >= 0.6 is 0 Å². The SMILES string of the molecule is COC(=O)C1CN(CC(OC)OC)CCC1=O. The molecule has 0 saturated carbocycles. The van der Waals surface area contributed by atoms with Gasteiger partial charge in [0.25, 0.3) is 0 Å². The molecule has 1 aliphatic rings. The molecule has 0 bridgehead atoms. The molecule has 1 heterocycles. The van der Waals surface area contributed by atoms with Crippen molar-refractivity contribution in [3.05, 3.63) is 0 Å². The van der Waals surface area contributed by atoms with Crippen molar-refractivity contribution in [1.29, 1.82) is 0 Å². The standard InChI is InChI=1S/C11H19NO5/c1-15-10(16-2)7-12-5-4-9(13)8(6-12)11(14)17-3/h8,10H,4-7H2,1-3H3. The van der Waals surface area contributed by atoms with Crippen LogP contribution in [0.5, 0.6) is 0 Å². The fourth-order valence-corrected chi connectivity index (χ4v) is 1.86. The number of likely N-dealkylation sites (tertiary alicyclic amines) is 1. The third-order valence-corrected chi connectivity index (χ3v) is 2.92. The Bertz CT molecular complexity index is 269. The van der Waals surface area contributed by atoms with Gasteiger partial charge in [-0.1, -0.05) is 0 Å². The van der Waals surface area contributed by atoms with E-state index in [9.17, 15) is 9.59 Å². The number of esters is 1. The second-order valence-corrected chi connectivity index (χ2v) is 3.95. The average Bonchev–Trinajstić information content (AvgIpc) is 2.36. The molecule has 1 unspecified atom stereocenters. The number of carbonyl (C=O) groups excluding carboxylic acids is 2. The van der Waals surface area contributed by atoms with E-state index in [1.165, 1.54) is 7.11 Å². The Morgan fingerprint density at radius 1 is 1.41 bits per heavy atom. The number of ketones is 1. The van der Waals surface area contributed by atoms with Crippen LogP contribution in [-0.4, -0.2) is 63.9 Å². The van der Waals surface area contributed by atoms with E-state index in [4.69, 9.17) is 9.47 Å². The second-order valence-electron chi connectivity index (χ2n) is 3.95. The van der Waals surface area contributed by atoms with E-state index in [-0.39, 0.29) is 12.1 Å². The van der Waals surface area contributed by atoms with Gasteiger partial charge in [-0.05, 0) is 0 Å². The van der Waals surface area contributed by atoms with Crippen molar-refractivity contribution in [2.75, 3.05) is 41.0 Å². The largest absolute Gasteiger partial charge is 0.468 e. The summed E-state index contributed by atoms with van der Waals surface area (Å²) in [5.74, 6) is -1.20. The zero-order valence-corrected chi connectivity index (χ0v) is 10.5. The summed E-state index contributed by atoms with van der Waals surface area (Å²) in [5.41, 5.74) is 0. The minimum Gasteiger partial charge on any atom is -0.468 e. The van der Waals surface area contributed by atoms with Gasteiger partial charge in [0, 0.05) is 40.3 Å². The Kier molecular flexibility index (Phi) is 5.54. The molecule has 0 aromatic rings. The molecule has 0 radical (unpaired) electrons. The lowest BCUT2D eigenvalue weighted by molar-refractivity contribution is -0.154. The lowest BCUT2D eigenvalue weighted by Crippen LogP contribution is -2.47. The number of piperidine rings is 1. The van der Waals surface area contributed by atoms with Gasteiger partial charge in [-0.3, -0.25) is 14.5 Å². The average molecular weight is 245 g/mol. The highest BCUT2D eigenvalue weighted by atomic mass is 16.7. The topological polar surface area (TPSA) is 65.1 Å². The minimum absolute atomic E-state index is 0.0560. The molecule has 0 aliphatic carbocycles. The van der Waals surface area contributed by atoms with Crippen molar-refractivity contribution in [1.82, 2.24) is 4.90 Å². The van der Waals surface area contributed by atoms with Crippen LogP contribution in [0.25, 0.3) is 0 Å². The zero-order valence-electron chi connectivity index (χ0n) is 10.5. The van der Waals surface area contributed by atoms with Crippen molar-refractivity contribution in [3.8, 4) is 0 Å². The lowest BCUT2D eigenvalue weighted by Gasteiger charge is -2.32. The van der Waals surface area contributed by atoms with Crippen molar-refractivity contribution < 1.29 is 23.8 Å². The minimum atomic E-state index is -0.678. The van der Waals surface area contributed by atoms with Gasteiger partial charge in [0.2, 0.25) is 0 Å². The lowest BCUT2D eigenvalue weighted by atomic mass is 9.96. The van der Waals surface area contributed by atoms with E-state index in [1.807, 2.05) is 4.90 Å². The van der Waals surface area contributed by atoms with Gasteiger partial charge in [-0.25, -0.2) is 0 Å². The Labute approximate surface area is 101 Å². The molecular weight excluding hydrogens is 226 g/mol. The van der Waals surface area contributed by atoms with Crippen molar-refractivity contribution in [2.45, 2.75) is 12.7 Å². The van der Waals surface area contributed by atoms with Crippen LogP contribution in [0.15, 0.2) is 0 Å². The normalized spacial score (nSPS) is 21.9. The summed E-state index contributed by atoms with van der Waals surface area (Å²) in [6.45, 7) is 1.53. The van der Waals surface area contributed by atoms with Gasteiger partial charge in [0.15, 0.2) is 6.29 Å². The maximum atomic E-state index is 11.6. The quantitative estimate of drug-likeness (QED) is 0.375. The Morgan fingerprint density at radius 3 is 2.59 bits per heavy atom. The number of methoxy groups -OCH3 is 3. The summed E-state index contributed by atoms with van der Waals surface area (Å²) >= 11 is 0. The molecule has 0 amide bonds. The summed E-state index contributed by atoms with van der Waals surface area (Å²) in [4.78, 5) is 25.0. The first-order chi connectivity index (χ1) is 8.12. The number of hydrogen-bond donors (Lipinski definition) is 0. The molecule has 0 N–H and O–H groups in total. The zero-order chi connectivity index (χ0) is 12.8. The van der Waals surface area contributed by atoms with E-state index in [0.29, 0.717) is 26.1 Å². The smallest absolute Gasteiger partial charge is 0.317 e. The highest BCUT2D eigenvalue weighted by molar-refractivity contribution is 5.99. The predicted molar refractivity (Wildman–Crippen MR) is 59.4 cm³/mol. The molecule has 6 heteroatoms. The summed E-state index contributed by atoms with van der Waals surface area (Å²) in [5, 5.41) is 0. The van der Waals surface area contributed by atoms with E-state index in [0.717, 1.165) is 0 Å². The van der Waals surface area contributed by atoms with E-state index >= 15 is 0 Å². The molecule has 1 fully saturated rings. The molecule has 1 aliphatic heterocycles. The molecule has 1 saturated heterocycles. The number of Topliss-reactive ketones (excluding diaryl/α,β-unsaturated/α-hetero) is 1. The maximum Gasteiger partial charge on any atom is 0.317 e. The molecule has 1 rings (SSSR count). The Hall–Kier alpha value is -0.980. The summed E-state index contributed by atoms with van der Waals surface area (Å²) < 4.78 is 14.8. The van der Waals surface area contributed by atoms with Crippen LogP contribution in [0.4, 0.5) is 0 Å². The van der Waals surface area contributed by atoms with Crippen LogP contribution < -0.4 is 0 Å². The third-order valence-electron chi connectivity index (χ3n) is 2.92. The van der Waals surface area contributed by atoms with Crippen LogP contribution in [0.1, 0.15) is 6.42 Å². The van der Waals surface area contributed by atoms with Crippen LogP contribution in [0.3, 0.4) is 0 Å².